The fourth-order valence-corrected chi connectivity index (χ4v) is 7.72. The fraction of sp³-hybridized carbons (Fsp3) is 0.833. The molecule has 2 N–H and O–H groups in total. The third kappa shape index (κ3) is 4.06. The number of ether oxygens (including phenoxy) is 1. The summed E-state index contributed by atoms with van der Waals surface area (Å²) in [6.45, 7) is 16.0. The Labute approximate surface area is 178 Å². The SMILES string of the molecule is COC[C@@]1(O[Si](C)(C)C)CC[C@@H]2C1=C[C@@]1(C)CCC(C(C)C)=C1[C@H](O)[C@@H](O)[C@@H]2C. The van der Waals surface area contributed by atoms with E-state index in [1.54, 1.807) is 7.11 Å². The van der Waals surface area contributed by atoms with Gasteiger partial charge in [0.25, 0.3) is 0 Å². The molecule has 0 amide bonds. The van der Waals surface area contributed by atoms with Gasteiger partial charge in [-0.05, 0) is 74.2 Å². The molecule has 0 unspecified atom stereocenters. The van der Waals surface area contributed by atoms with E-state index in [1.165, 1.54) is 11.1 Å². The standard InChI is InChI=1S/C24H42O4Si/c1-15(2)17-9-11-23(4)13-19-18(16(3)21(25)22(26)20(17)23)10-12-24(19,14-27-5)28-29(6,7)8/h13,15-16,18,21-22,25-26H,9-12,14H2,1-8H3/t16-,18+,21+,22+,23-,24+/m1/s1. The van der Waals surface area contributed by atoms with E-state index in [2.05, 4.69) is 53.4 Å². The third-order valence-electron chi connectivity index (χ3n) is 7.50. The maximum Gasteiger partial charge on any atom is 0.185 e. The minimum absolute atomic E-state index is 0.0220. The highest BCUT2D eigenvalue weighted by Crippen LogP contribution is 2.56. The lowest BCUT2D eigenvalue weighted by atomic mass is 9.68. The molecule has 166 valence electrons. The van der Waals surface area contributed by atoms with Gasteiger partial charge in [0.2, 0.25) is 0 Å². The number of aliphatic hydroxyl groups is 2. The van der Waals surface area contributed by atoms with E-state index in [-0.39, 0.29) is 17.3 Å². The molecule has 4 nitrogen and oxygen atoms in total. The summed E-state index contributed by atoms with van der Waals surface area (Å²) in [5, 5.41) is 22.5. The zero-order valence-electron chi connectivity index (χ0n) is 19.7. The van der Waals surface area contributed by atoms with E-state index in [9.17, 15) is 10.2 Å². The van der Waals surface area contributed by atoms with Crippen LogP contribution in [0.1, 0.15) is 53.4 Å². The minimum atomic E-state index is -1.82. The summed E-state index contributed by atoms with van der Waals surface area (Å²) in [6, 6.07) is 0. The van der Waals surface area contributed by atoms with Gasteiger partial charge in [-0.1, -0.05) is 39.3 Å². The molecule has 0 bridgehead atoms. The summed E-state index contributed by atoms with van der Waals surface area (Å²) in [7, 11) is -0.0661. The molecule has 6 atom stereocenters. The molecule has 5 heteroatoms. The molecule has 1 saturated carbocycles. The first kappa shape index (κ1) is 23.2. The lowest BCUT2D eigenvalue weighted by molar-refractivity contribution is -0.0187. The van der Waals surface area contributed by atoms with Gasteiger partial charge in [0.05, 0.1) is 12.7 Å². The predicted molar refractivity (Wildman–Crippen MR) is 120 cm³/mol. The van der Waals surface area contributed by atoms with Crippen LogP contribution in [0.25, 0.3) is 0 Å². The number of hydrogen-bond donors (Lipinski definition) is 2. The summed E-state index contributed by atoms with van der Waals surface area (Å²) in [4.78, 5) is 0. The molecule has 0 saturated heterocycles. The molecule has 0 aromatic heterocycles. The van der Waals surface area contributed by atoms with E-state index in [0.717, 1.165) is 31.3 Å². The average molecular weight is 423 g/mol. The van der Waals surface area contributed by atoms with Crippen molar-refractivity contribution in [2.75, 3.05) is 13.7 Å². The molecule has 29 heavy (non-hydrogen) atoms. The topological polar surface area (TPSA) is 58.9 Å². The highest BCUT2D eigenvalue weighted by Gasteiger charge is 2.54. The third-order valence-corrected chi connectivity index (χ3v) is 8.51. The lowest BCUT2D eigenvalue weighted by Crippen LogP contribution is -2.48. The first-order valence-electron chi connectivity index (χ1n) is 11.4. The van der Waals surface area contributed by atoms with Crippen molar-refractivity contribution in [3.8, 4) is 0 Å². The average Bonchev–Trinajstić information content (AvgIpc) is 3.10. The fourth-order valence-electron chi connectivity index (χ4n) is 6.27. The van der Waals surface area contributed by atoms with Crippen molar-refractivity contribution in [1.29, 1.82) is 0 Å². The summed E-state index contributed by atoms with van der Waals surface area (Å²) >= 11 is 0. The Morgan fingerprint density at radius 3 is 2.41 bits per heavy atom. The van der Waals surface area contributed by atoms with Crippen LogP contribution < -0.4 is 0 Å². The maximum absolute atomic E-state index is 11.3. The summed E-state index contributed by atoms with van der Waals surface area (Å²) in [6.07, 6.45) is 4.75. The highest BCUT2D eigenvalue weighted by atomic mass is 28.4. The highest BCUT2D eigenvalue weighted by molar-refractivity contribution is 6.69. The Bertz CT molecular complexity index is 691. The van der Waals surface area contributed by atoms with Gasteiger partial charge in [-0.2, -0.15) is 0 Å². The maximum atomic E-state index is 11.3. The summed E-state index contributed by atoms with van der Waals surface area (Å²) in [5.74, 6) is 0.571. The molecule has 0 aromatic carbocycles. The second-order valence-electron chi connectivity index (χ2n) is 11.2. The van der Waals surface area contributed by atoms with Crippen LogP contribution in [0.2, 0.25) is 19.6 Å². The van der Waals surface area contributed by atoms with Crippen molar-refractivity contribution in [1.82, 2.24) is 0 Å². The number of aliphatic hydroxyl groups excluding tert-OH is 2. The number of methoxy groups -OCH3 is 1. The monoisotopic (exact) mass is 422 g/mol. The number of hydrogen-bond acceptors (Lipinski definition) is 4. The molecule has 3 aliphatic carbocycles. The van der Waals surface area contributed by atoms with Gasteiger partial charge >= 0.3 is 0 Å². The van der Waals surface area contributed by atoms with E-state index >= 15 is 0 Å². The largest absolute Gasteiger partial charge is 0.406 e. The van der Waals surface area contributed by atoms with E-state index in [0.29, 0.717) is 12.5 Å². The van der Waals surface area contributed by atoms with Crippen LogP contribution in [-0.4, -0.2) is 50.1 Å². The molecular weight excluding hydrogens is 380 g/mol. The molecular formula is C24H42O4Si. The second-order valence-corrected chi connectivity index (χ2v) is 15.6. The van der Waals surface area contributed by atoms with Gasteiger partial charge in [-0.25, -0.2) is 0 Å². The van der Waals surface area contributed by atoms with Crippen LogP contribution in [0, 0.1) is 23.2 Å². The van der Waals surface area contributed by atoms with Crippen molar-refractivity contribution in [2.45, 2.75) is 90.8 Å². The number of rotatable bonds is 5. The molecule has 0 radical (unpaired) electrons. The van der Waals surface area contributed by atoms with E-state index < -0.39 is 26.1 Å². The quantitative estimate of drug-likeness (QED) is 0.499. The predicted octanol–water partition coefficient (Wildman–Crippen LogP) is 4.68. The van der Waals surface area contributed by atoms with Gasteiger partial charge < -0.3 is 19.4 Å². The number of fused-ring (bicyclic) bond motifs is 2. The lowest BCUT2D eigenvalue weighted by Gasteiger charge is -2.44. The molecule has 0 heterocycles. The van der Waals surface area contributed by atoms with Crippen molar-refractivity contribution in [2.24, 2.45) is 23.2 Å². The van der Waals surface area contributed by atoms with Crippen LogP contribution in [-0.2, 0) is 9.16 Å². The van der Waals surface area contributed by atoms with Crippen molar-refractivity contribution < 1.29 is 19.4 Å². The molecule has 0 spiro atoms. The Morgan fingerprint density at radius 1 is 1.21 bits per heavy atom. The Kier molecular flexibility index (Phi) is 6.32. The van der Waals surface area contributed by atoms with Gasteiger partial charge in [0, 0.05) is 12.5 Å². The van der Waals surface area contributed by atoms with Crippen molar-refractivity contribution >= 4 is 8.32 Å². The van der Waals surface area contributed by atoms with Crippen molar-refractivity contribution in [3.63, 3.8) is 0 Å². The molecule has 1 fully saturated rings. The Morgan fingerprint density at radius 2 is 1.86 bits per heavy atom. The summed E-state index contributed by atoms with van der Waals surface area (Å²) < 4.78 is 12.6. The van der Waals surface area contributed by atoms with Crippen molar-refractivity contribution in [3.05, 3.63) is 22.8 Å². The van der Waals surface area contributed by atoms with Crippen LogP contribution in [0.3, 0.4) is 0 Å². The molecule has 3 rings (SSSR count). The second kappa shape index (κ2) is 7.90. The smallest absolute Gasteiger partial charge is 0.185 e. The first-order chi connectivity index (χ1) is 13.4. The van der Waals surface area contributed by atoms with Gasteiger partial charge in [0.15, 0.2) is 8.32 Å². The normalized spacial score (nSPS) is 40.6. The zero-order chi connectivity index (χ0) is 21.8. The first-order valence-corrected chi connectivity index (χ1v) is 14.8. The Hall–Kier alpha value is -0.463. The van der Waals surface area contributed by atoms with Gasteiger partial charge in [-0.3, -0.25) is 0 Å². The summed E-state index contributed by atoms with van der Waals surface area (Å²) in [5.41, 5.74) is 3.05. The molecule has 3 aliphatic rings. The molecule has 0 aliphatic heterocycles. The van der Waals surface area contributed by atoms with Crippen LogP contribution in [0.4, 0.5) is 0 Å². The van der Waals surface area contributed by atoms with Crippen LogP contribution >= 0.6 is 0 Å². The van der Waals surface area contributed by atoms with Gasteiger partial charge in [0.1, 0.15) is 11.7 Å². The van der Waals surface area contributed by atoms with Crippen LogP contribution in [0.5, 0.6) is 0 Å². The Balaban J connectivity index is 2.21. The minimum Gasteiger partial charge on any atom is -0.406 e. The molecule has 0 aromatic rings. The van der Waals surface area contributed by atoms with Gasteiger partial charge in [-0.15, -0.1) is 0 Å². The van der Waals surface area contributed by atoms with E-state index in [4.69, 9.17) is 9.16 Å². The van der Waals surface area contributed by atoms with Crippen LogP contribution in [0.15, 0.2) is 22.8 Å². The number of allylic oxidation sites excluding steroid dienone is 2. The zero-order valence-corrected chi connectivity index (χ0v) is 20.7. The van der Waals surface area contributed by atoms with E-state index in [1.807, 2.05) is 0 Å².